The summed E-state index contributed by atoms with van der Waals surface area (Å²) in [4.78, 5) is 35.5. The van der Waals surface area contributed by atoms with E-state index in [0.29, 0.717) is 16.6 Å². The molecule has 0 spiro atoms. The summed E-state index contributed by atoms with van der Waals surface area (Å²) in [5.41, 5.74) is 0.470. The summed E-state index contributed by atoms with van der Waals surface area (Å²) in [5.74, 6) is -0.539. The largest absolute Gasteiger partial charge is 0.481 e. The first-order valence-electron chi connectivity index (χ1n) is 5.53. The van der Waals surface area contributed by atoms with Crippen LogP contribution < -0.4 is 4.74 Å². The number of carbonyl (C=O) groups excluding carboxylic acids is 2. The molecule has 0 N–H and O–H groups in total. The number of carbonyl (C=O) groups is 2. The monoisotopic (exact) mass is 293 g/mol. The van der Waals surface area contributed by atoms with E-state index >= 15 is 0 Å². The Kier molecular flexibility index (Phi) is 4.04. The molecule has 0 radical (unpaired) electrons. The molecule has 20 heavy (non-hydrogen) atoms. The molecule has 0 saturated heterocycles. The van der Waals surface area contributed by atoms with Gasteiger partial charge in [-0.1, -0.05) is 0 Å². The van der Waals surface area contributed by atoms with Gasteiger partial charge in [-0.3, -0.25) is 4.79 Å². The Morgan fingerprint density at radius 3 is 2.60 bits per heavy atom. The van der Waals surface area contributed by atoms with Crippen molar-refractivity contribution >= 4 is 23.1 Å². The molecule has 7 nitrogen and oxygen atoms in total. The van der Waals surface area contributed by atoms with Crippen LogP contribution in [0.3, 0.4) is 0 Å². The van der Waals surface area contributed by atoms with E-state index in [1.807, 2.05) is 0 Å². The minimum absolute atomic E-state index is 0.00224. The minimum atomic E-state index is -0.654. The second-order valence-electron chi connectivity index (χ2n) is 3.69. The summed E-state index contributed by atoms with van der Waals surface area (Å²) in [6.45, 7) is 1.37. The first-order chi connectivity index (χ1) is 9.56. The van der Waals surface area contributed by atoms with Gasteiger partial charge in [-0.15, -0.1) is 11.3 Å². The topological polar surface area (TPSA) is 91.3 Å². The average molecular weight is 293 g/mol. The third kappa shape index (κ3) is 2.64. The van der Waals surface area contributed by atoms with Gasteiger partial charge in [0.2, 0.25) is 5.88 Å². The van der Waals surface area contributed by atoms with E-state index in [1.54, 1.807) is 6.07 Å². The minimum Gasteiger partial charge on any atom is -0.481 e. The van der Waals surface area contributed by atoms with Crippen LogP contribution in [0.15, 0.2) is 12.4 Å². The summed E-state index contributed by atoms with van der Waals surface area (Å²) in [6, 6.07) is 1.57. The second kappa shape index (κ2) is 5.74. The Hall–Kier alpha value is -2.35. The summed E-state index contributed by atoms with van der Waals surface area (Å²) in [5, 5.41) is 0.427. The van der Waals surface area contributed by atoms with Crippen molar-refractivity contribution in [1.82, 2.24) is 15.0 Å². The Bertz CT molecular complexity index is 668. The van der Waals surface area contributed by atoms with E-state index in [2.05, 4.69) is 19.7 Å². The van der Waals surface area contributed by atoms with Crippen molar-refractivity contribution in [2.75, 3.05) is 14.2 Å². The number of ether oxygens (including phenoxy) is 2. The summed E-state index contributed by atoms with van der Waals surface area (Å²) < 4.78 is 9.61. The van der Waals surface area contributed by atoms with Gasteiger partial charge < -0.3 is 9.47 Å². The number of aromatic nitrogens is 3. The second-order valence-corrected chi connectivity index (χ2v) is 4.69. The molecule has 0 atom stereocenters. The van der Waals surface area contributed by atoms with Crippen LogP contribution in [-0.4, -0.2) is 40.9 Å². The van der Waals surface area contributed by atoms with Gasteiger partial charge in [0.25, 0.3) is 0 Å². The Morgan fingerprint density at radius 1 is 1.25 bits per heavy atom. The van der Waals surface area contributed by atoms with Gasteiger partial charge in [-0.05, 0) is 0 Å². The number of ketones is 1. The molecule has 2 aromatic heterocycles. The van der Waals surface area contributed by atoms with Gasteiger partial charge in [0.05, 0.1) is 14.2 Å². The van der Waals surface area contributed by atoms with Gasteiger partial charge in [-0.2, -0.15) is 0 Å². The molecule has 104 valence electrons. The van der Waals surface area contributed by atoms with Gasteiger partial charge >= 0.3 is 5.97 Å². The predicted octanol–water partition coefficient (Wildman–Crippen LogP) is 1.60. The lowest BCUT2D eigenvalue weighted by Gasteiger charge is -1.98. The summed E-state index contributed by atoms with van der Waals surface area (Å²) >= 11 is 1.08. The summed E-state index contributed by atoms with van der Waals surface area (Å²) in [7, 11) is 2.72. The fourth-order valence-corrected chi connectivity index (χ4v) is 2.39. The molecule has 0 unspecified atom stereocenters. The van der Waals surface area contributed by atoms with Crippen LogP contribution in [-0.2, 0) is 4.74 Å². The van der Waals surface area contributed by atoms with Crippen molar-refractivity contribution in [2.45, 2.75) is 6.92 Å². The van der Waals surface area contributed by atoms with Crippen LogP contribution >= 0.6 is 11.3 Å². The molecular formula is C12H11N3O4S. The molecule has 0 saturated carbocycles. The smallest absolute Gasteiger partial charge is 0.358 e. The molecule has 0 bridgehead atoms. The predicted molar refractivity (Wildman–Crippen MR) is 71.0 cm³/mol. The highest BCUT2D eigenvalue weighted by Crippen LogP contribution is 2.28. The molecular weight excluding hydrogens is 282 g/mol. The summed E-state index contributed by atoms with van der Waals surface area (Å²) in [6.07, 6.45) is 1.32. The number of Topliss-reactive ketones (excluding diaryl/α,β-unsaturated/α-hetero) is 1. The van der Waals surface area contributed by atoms with E-state index in [1.165, 1.54) is 27.5 Å². The normalized spacial score (nSPS) is 10.2. The molecule has 0 aliphatic carbocycles. The van der Waals surface area contributed by atoms with Crippen molar-refractivity contribution in [2.24, 2.45) is 0 Å². The van der Waals surface area contributed by atoms with Crippen LogP contribution in [0.1, 0.15) is 27.1 Å². The van der Waals surface area contributed by atoms with Gasteiger partial charge in [0, 0.05) is 13.0 Å². The molecule has 0 amide bonds. The highest BCUT2D eigenvalue weighted by atomic mass is 32.1. The maximum Gasteiger partial charge on any atom is 0.358 e. The number of rotatable bonds is 4. The number of thiazole rings is 1. The highest BCUT2D eigenvalue weighted by Gasteiger charge is 2.23. The lowest BCUT2D eigenvalue weighted by Crippen LogP contribution is -2.06. The van der Waals surface area contributed by atoms with Gasteiger partial charge in [-0.25, -0.2) is 19.7 Å². The van der Waals surface area contributed by atoms with Gasteiger partial charge in [0.15, 0.2) is 11.5 Å². The molecule has 2 rings (SSSR count). The number of methoxy groups -OCH3 is 2. The third-order valence-electron chi connectivity index (χ3n) is 2.40. The van der Waals surface area contributed by atoms with Crippen molar-refractivity contribution in [3.63, 3.8) is 0 Å². The van der Waals surface area contributed by atoms with E-state index in [9.17, 15) is 9.59 Å². The van der Waals surface area contributed by atoms with E-state index in [-0.39, 0.29) is 16.4 Å². The number of hydrogen-bond acceptors (Lipinski definition) is 8. The average Bonchev–Trinajstić information content (AvgIpc) is 2.92. The maximum absolute atomic E-state index is 11.6. The lowest BCUT2D eigenvalue weighted by molar-refractivity contribution is 0.0591. The van der Waals surface area contributed by atoms with Crippen molar-refractivity contribution in [3.8, 4) is 16.6 Å². The molecule has 0 aliphatic heterocycles. The van der Waals surface area contributed by atoms with Crippen LogP contribution in [0.5, 0.6) is 5.88 Å². The van der Waals surface area contributed by atoms with Crippen molar-refractivity contribution < 1.29 is 19.1 Å². The first kappa shape index (κ1) is 14.1. The van der Waals surface area contributed by atoms with E-state index in [4.69, 9.17) is 4.74 Å². The van der Waals surface area contributed by atoms with Crippen molar-refractivity contribution in [1.29, 1.82) is 0 Å². The van der Waals surface area contributed by atoms with Gasteiger partial charge in [0.1, 0.15) is 21.9 Å². The molecule has 2 aromatic rings. The van der Waals surface area contributed by atoms with E-state index in [0.717, 1.165) is 11.3 Å². The lowest BCUT2D eigenvalue weighted by atomic mass is 10.3. The van der Waals surface area contributed by atoms with Crippen LogP contribution in [0.4, 0.5) is 0 Å². The molecule has 0 fully saturated rings. The van der Waals surface area contributed by atoms with Crippen LogP contribution in [0.2, 0.25) is 0 Å². The zero-order valence-electron chi connectivity index (χ0n) is 11.0. The Morgan fingerprint density at radius 2 is 2.00 bits per heavy atom. The molecule has 2 heterocycles. The van der Waals surface area contributed by atoms with Crippen LogP contribution in [0.25, 0.3) is 10.7 Å². The first-order valence-corrected chi connectivity index (χ1v) is 6.35. The molecule has 8 heteroatoms. The van der Waals surface area contributed by atoms with Crippen molar-refractivity contribution in [3.05, 3.63) is 23.0 Å². The maximum atomic E-state index is 11.6. The number of esters is 1. The number of hydrogen-bond donors (Lipinski definition) is 0. The molecule has 0 aromatic carbocycles. The quantitative estimate of drug-likeness (QED) is 0.624. The Balaban J connectivity index is 2.52. The fraction of sp³-hybridized carbons (Fsp3) is 0.250. The highest BCUT2D eigenvalue weighted by molar-refractivity contribution is 7.17. The SMILES string of the molecule is COC(=O)c1nc(-c2cc(OC)ncn2)sc1C(C)=O. The standard InChI is InChI=1S/C12H11N3O4S/c1-6(16)10-9(12(17)19-3)15-11(20-10)7-4-8(18-2)14-5-13-7/h4-5H,1-3H3. The Labute approximate surface area is 118 Å². The zero-order chi connectivity index (χ0) is 14.7. The van der Waals surface area contributed by atoms with E-state index < -0.39 is 5.97 Å². The van der Waals surface area contributed by atoms with Crippen LogP contribution in [0, 0.1) is 0 Å². The molecule has 0 aliphatic rings. The zero-order valence-corrected chi connectivity index (χ0v) is 11.9. The third-order valence-corrected chi connectivity index (χ3v) is 3.57. The number of nitrogens with zero attached hydrogens (tertiary/aromatic N) is 3. The fourth-order valence-electron chi connectivity index (χ4n) is 1.47.